The highest BCUT2D eigenvalue weighted by molar-refractivity contribution is 5.94. The molecule has 2 heterocycles. The average molecular weight is 359 g/mol. The summed E-state index contributed by atoms with van der Waals surface area (Å²) in [6, 6.07) is 8.37. The zero-order valence-corrected chi connectivity index (χ0v) is 13.8. The Morgan fingerprint density at radius 2 is 1.96 bits per heavy atom. The maximum atomic E-state index is 13.2. The van der Waals surface area contributed by atoms with Crippen molar-refractivity contribution in [2.24, 2.45) is 0 Å². The van der Waals surface area contributed by atoms with Crippen LogP contribution in [0.2, 0.25) is 0 Å². The highest BCUT2D eigenvalue weighted by Gasteiger charge is 2.14. The van der Waals surface area contributed by atoms with E-state index in [9.17, 15) is 18.4 Å². The molecular formula is C18H15F2N3O3. The minimum absolute atomic E-state index is 0.0471. The predicted octanol–water partition coefficient (Wildman–Crippen LogP) is 2.77. The van der Waals surface area contributed by atoms with Crippen molar-refractivity contribution in [3.05, 3.63) is 76.3 Å². The second kappa shape index (κ2) is 7.30. The van der Waals surface area contributed by atoms with Crippen molar-refractivity contribution >= 4 is 5.91 Å². The van der Waals surface area contributed by atoms with Gasteiger partial charge in [-0.1, -0.05) is 0 Å². The number of nitrogens with zero attached hydrogens (tertiary/aromatic N) is 2. The molecule has 8 heteroatoms. The zero-order valence-electron chi connectivity index (χ0n) is 13.8. The second-order valence-electron chi connectivity index (χ2n) is 5.70. The molecular weight excluding hydrogens is 344 g/mol. The predicted molar refractivity (Wildman–Crippen MR) is 89.6 cm³/mol. The fourth-order valence-corrected chi connectivity index (χ4v) is 2.41. The van der Waals surface area contributed by atoms with E-state index in [2.05, 4.69) is 10.4 Å². The zero-order chi connectivity index (χ0) is 18.7. The van der Waals surface area contributed by atoms with E-state index < -0.39 is 23.6 Å². The quantitative estimate of drug-likeness (QED) is 0.760. The summed E-state index contributed by atoms with van der Waals surface area (Å²) in [6.07, 6.45) is 1.49. The maximum Gasteiger partial charge on any atom is 0.267 e. The summed E-state index contributed by atoms with van der Waals surface area (Å²) in [7, 11) is 0. The van der Waals surface area contributed by atoms with Gasteiger partial charge in [-0.05, 0) is 37.3 Å². The molecule has 1 amide bonds. The Balaban J connectivity index is 1.74. The third-order valence-electron chi connectivity index (χ3n) is 3.70. The molecule has 26 heavy (non-hydrogen) atoms. The lowest BCUT2D eigenvalue weighted by atomic mass is 10.2. The van der Waals surface area contributed by atoms with Crippen LogP contribution in [0, 0.1) is 11.6 Å². The number of aromatic nitrogens is 2. The molecule has 1 unspecified atom stereocenters. The molecule has 2 aromatic heterocycles. The molecule has 0 saturated carbocycles. The lowest BCUT2D eigenvalue weighted by molar-refractivity contribution is 0.0946. The molecule has 0 bridgehead atoms. The van der Waals surface area contributed by atoms with Gasteiger partial charge in [0.2, 0.25) is 0 Å². The van der Waals surface area contributed by atoms with Crippen molar-refractivity contribution in [1.82, 2.24) is 15.1 Å². The van der Waals surface area contributed by atoms with E-state index >= 15 is 0 Å². The van der Waals surface area contributed by atoms with E-state index in [1.807, 2.05) is 0 Å². The monoisotopic (exact) mass is 359 g/mol. The largest absolute Gasteiger partial charge is 0.463 e. The van der Waals surface area contributed by atoms with Gasteiger partial charge >= 0.3 is 0 Å². The fourth-order valence-electron chi connectivity index (χ4n) is 2.41. The van der Waals surface area contributed by atoms with E-state index in [0.717, 1.165) is 12.1 Å². The van der Waals surface area contributed by atoms with Gasteiger partial charge in [0.1, 0.15) is 17.3 Å². The first-order valence-corrected chi connectivity index (χ1v) is 7.82. The lowest BCUT2D eigenvalue weighted by Crippen LogP contribution is -2.35. The van der Waals surface area contributed by atoms with Crippen LogP contribution in [0.4, 0.5) is 8.78 Å². The van der Waals surface area contributed by atoms with Gasteiger partial charge in [0.05, 0.1) is 12.3 Å². The summed E-state index contributed by atoms with van der Waals surface area (Å²) in [5, 5.41) is 6.77. The number of benzene rings is 1. The van der Waals surface area contributed by atoms with Crippen LogP contribution in [0.5, 0.6) is 0 Å². The molecule has 134 valence electrons. The average Bonchev–Trinajstić information content (AvgIpc) is 3.13. The van der Waals surface area contributed by atoms with E-state index in [4.69, 9.17) is 4.42 Å². The molecule has 0 aliphatic carbocycles. The first kappa shape index (κ1) is 17.5. The highest BCUT2D eigenvalue weighted by atomic mass is 19.1. The molecule has 3 aromatic rings. The number of halogens is 2. The van der Waals surface area contributed by atoms with Gasteiger partial charge in [-0.2, -0.15) is 5.10 Å². The highest BCUT2D eigenvalue weighted by Crippen LogP contribution is 2.16. The van der Waals surface area contributed by atoms with Crippen LogP contribution in [0.3, 0.4) is 0 Å². The van der Waals surface area contributed by atoms with Crippen molar-refractivity contribution in [2.45, 2.75) is 13.0 Å². The molecule has 0 aliphatic heterocycles. The molecule has 3 rings (SSSR count). The van der Waals surface area contributed by atoms with E-state index in [1.165, 1.54) is 17.0 Å². The molecule has 0 saturated heterocycles. The van der Waals surface area contributed by atoms with Crippen LogP contribution in [-0.4, -0.2) is 22.2 Å². The molecule has 1 atom stereocenters. The summed E-state index contributed by atoms with van der Waals surface area (Å²) in [6.45, 7) is 1.73. The van der Waals surface area contributed by atoms with E-state index in [-0.39, 0.29) is 17.7 Å². The van der Waals surface area contributed by atoms with Crippen molar-refractivity contribution in [2.75, 3.05) is 6.54 Å². The standard InChI is InChI=1S/C18H15F2N3O3/c1-11(10-21-18(25)12-7-13(19)9-14(20)8-12)23-17(24)5-4-15(22-23)16-3-2-6-26-16/h2-9,11H,10H2,1H3,(H,21,25). The van der Waals surface area contributed by atoms with E-state index in [0.29, 0.717) is 17.5 Å². The van der Waals surface area contributed by atoms with E-state index in [1.54, 1.807) is 25.1 Å². The van der Waals surface area contributed by atoms with Crippen molar-refractivity contribution in [1.29, 1.82) is 0 Å². The Morgan fingerprint density at radius 1 is 1.23 bits per heavy atom. The summed E-state index contributed by atoms with van der Waals surface area (Å²) in [4.78, 5) is 24.1. The van der Waals surface area contributed by atoms with Crippen molar-refractivity contribution in [3.8, 4) is 11.5 Å². The Kier molecular flexibility index (Phi) is 4.92. The summed E-state index contributed by atoms with van der Waals surface area (Å²) >= 11 is 0. The number of rotatable bonds is 5. The van der Waals surface area contributed by atoms with Crippen molar-refractivity contribution < 1.29 is 18.0 Å². The summed E-state index contributed by atoms with van der Waals surface area (Å²) < 4.78 is 32.9. The molecule has 0 aliphatic rings. The van der Waals surface area contributed by atoms with Crippen LogP contribution in [0.1, 0.15) is 23.3 Å². The lowest BCUT2D eigenvalue weighted by Gasteiger charge is -2.15. The third kappa shape index (κ3) is 3.85. The molecule has 6 nitrogen and oxygen atoms in total. The maximum absolute atomic E-state index is 13.2. The molecule has 0 radical (unpaired) electrons. The molecule has 0 fully saturated rings. The number of hydrogen-bond donors (Lipinski definition) is 1. The van der Waals surface area contributed by atoms with Crippen LogP contribution in [0.25, 0.3) is 11.5 Å². The Labute approximate surface area is 147 Å². The minimum atomic E-state index is -0.841. The second-order valence-corrected chi connectivity index (χ2v) is 5.70. The summed E-state index contributed by atoms with van der Waals surface area (Å²) in [5.41, 5.74) is -0.0156. The Morgan fingerprint density at radius 3 is 2.62 bits per heavy atom. The SMILES string of the molecule is CC(CNC(=O)c1cc(F)cc(F)c1)n1nc(-c2ccco2)ccc1=O. The van der Waals surface area contributed by atoms with Crippen LogP contribution in [0.15, 0.2) is 57.9 Å². The topological polar surface area (TPSA) is 77.1 Å². The van der Waals surface area contributed by atoms with Gasteiger partial charge < -0.3 is 9.73 Å². The minimum Gasteiger partial charge on any atom is -0.463 e. The first-order valence-electron chi connectivity index (χ1n) is 7.82. The van der Waals surface area contributed by atoms with Gasteiger partial charge in [0.25, 0.3) is 11.5 Å². The van der Waals surface area contributed by atoms with Crippen LogP contribution >= 0.6 is 0 Å². The number of amides is 1. The normalized spacial score (nSPS) is 12.0. The molecule has 1 aromatic carbocycles. The summed E-state index contributed by atoms with van der Waals surface area (Å²) in [5.74, 6) is -1.82. The van der Waals surface area contributed by atoms with Gasteiger partial charge in [-0.15, -0.1) is 0 Å². The smallest absolute Gasteiger partial charge is 0.267 e. The molecule has 1 N–H and O–H groups in total. The fraction of sp³-hybridized carbons (Fsp3) is 0.167. The van der Waals surface area contributed by atoms with Gasteiger partial charge in [-0.25, -0.2) is 13.5 Å². The number of nitrogens with one attached hydrogen (secondary N) is 1. The Hall–Kier alpha value is -3.29. The number of carbonyl (C=O) groups excluding carboxylic acids is 1. The number of hydrogen-bond acceptors (Lipinski definition) is 4. The van der Waals surface area contributed by atoms with Crippen LogP contribution in [-0.2, 0) is 0 Å². The molecule has 0 spiro atoms. The third-order valence-corrected chi connectivity index (χ3v) is 3.70. The first-order chi connectivity index (χ1) is 12.4. The number of furan rings is 1. The number of carbonyl (C=O) groups is 1. The van der Waals surface area contributed by atoms with Gasteiger partial charge in [0, 0.05) is 24.2 Å². The van der Waals surface area contributed by atoms with Gasteiger partial charge in [0.15, 0.2) is 5.76 Å². The van der Waals surface area contributed by atoms with Crippen LogP contribution < -0.4 is 10.9 Å². The van der Waals surface area contributed by atoms with Crippen molar-refractivity contribution in [3.63, 3.8) is 0 Å². The van der Waals surface area contributed by atoms with Gasteiger partial charge in [-0.3, -0.25) is 9.59 Å². The Bertz CT molecular complexity index is 963.